The summed E-state index contributed by atoms with van der Waals surface area (Å²) in [4.78, 5) is 113. The van der Waals surface area contributed by atoms with Crippen molar-refractivity contribution in [2.75, 3.05) is 0 Å². The molecule has 0 amide bonds. The third kappa shape index (κ3) is 9.99. The first-order valence-electron chi connectivity index (χ1n) is 20.6. The molecule has 5 heterocycles. The Morgan fingerprint density at radius 3 is 1.74 bits per heavy atom. The molecule has 0 aromatic rings. The van der Waals surface area contributed by atoms with Crippen LogP contribution in [0.1, 0.15) is 125 Å². The van der Waals surface area contributed by atoms with Gasteiger partial charge in [0, 0.05) is 118 Å². The molecule has 1 radical (unpaired) electrons. The van der Waals surface area contributed by atoms with Crippen LogP contribution >= 0.6 is 0 Å². The van der Waals surface area contributed by atoms with E-state index in [0.717, 1.165) is 0 Å². The van der Waals surface area contributed by atoms with Crippen LogP contribution in [-0.4, -0.2) is 76.0 Å². The number of fused-ring (bicyclic) bond motifs is 6. The van der Waals surface area contributed by atoms with Gasteiger partial charge >= 0.3 is 0 Å². The van der Waals surface area contributed by atoms with E-state index in [1.807, 2.05) is 0 Å². The maximum Gasteiger partial charge on any atom is 0.106 e. The normalized spacial score (nSPS) is 29.1. The average molecular weight is 945 g/mol. The van der Waals surface area contributed by atoms with E-state index in [1.54, 1.807) is 0 Å². The molecule has 5 aliphatic heterocycles. The molecule has 0 fully saturated rings. The number of carbonyl (C=O) groups excluding carboxylic acids is 8. The van der Waals surface area contributed by atoms with E-state index in [1.165, 1.54) is 40.7 Å². The number of hydrogen-bond donors (Lipinski definition) is 0. The molecule has 20 nitrogen and oxygen atoms in total. The second kappa shape index (κ2) is 18.9. The average Bonchev–Trinajstić information content (AvgIpc) is 3.72. The monoisotopic (exact) mass is 944 g/mol. The van der Waals surface area contributed by atoms with Gasteiger partial charge in [-0.3, -0.25) is 15.0 Å². The van der Waals surface area contributed by atoms with Gasteiger partial charge in [-0.15, -0.1) is 5.70 Å². The second-order valence-corrected chi connectivity index (χ2v) is 18.1. The van der Waals surface area contributed by atoms with Gasteiger partial charge in [0.25, 0.3) is 0 Å². The number of aliphatic carboxylic acids is 8. The van der Waals surface area contributed by atoms with Crippen molar-refractivity contribution >= 4 is 64.9 Å². The molecule has 65 heavy (non-hydrogen) atoms. The Balaban J connectivity index is 0.00000925. The summed E-state index contributed by atoms with van der Waals surface area (Å²) >= 11 is 0. The van der Waals surface area contributed by atoms with E-state index in [0.29, 0.717) is 0 Å². The van der Waals surface area contributed by atoms with E-state index < -0.39 is 139 Å². The Labute approximate surface area is 383 Å². The van der Waals surface area contributed by atoms with Crippen LogP contribution in [0, 0.1) is 22.2 Å². The maximum atomic E-state index is 12.8. The van der Waals surface area contributed by atoms with Crippen LogP contribution in [-0.2, 0) is 55.1 Å². The predicted molar refractivity (Wildman–Crippen MR) is 204 cm³/mol. The number of rotatable bonds is 20. The van der Waals surface area contributed by atoms with Crippen molar-refractivity contribution in [3.05, 3.63) is 50.8 Å². The molecule has 21 heteroatoms. The Hall–Kier alpha value is -5.96. The first kappa shape index (κ1) is 51.7. The molecule has 0 unspecified atom stereocenters. The Morgan fingerprint density at radius 2 is 1.20 bits per heavy atom. The SMILES string of the molecule is C[C@]1(CCC(=O)[O-])C2=NC(=C1CC(=O)[O-])[C@]1(C)N=C(C=C3[N-]C(=C(CCC(=O)[O-])[C@]3(C)CC(=O)[O-])C[C@]3(C)N=C(C2)C(CCC(=O)[O-])=C3CC(=O)[O-])[C@@H](CCC(=O)[O-])[C@]1(C)CC(=O)[O-].[Co]. The Kier molecular flexibility index (Phi) is 15.0. The summed E-state index contributed by atoms with van der Waals surface area (Å²) in [5.41, 5.74) is -8.71. The molecule has 0 saturated carbocycles. The summed E-state index contributed by atoms with van der Waals surface area (Å²) in [6.07, 6.45) is -6.96. The van der Waals surface area contributed by atoms with Crippen LogP contribution in [0.5, 0.6) is 0 Å². The molecular formula is C44H45CoN4O16-9. The van der Waals surface area contributed by atoms with Crippen molar-refractivity contribution < 1.29 is 96.0 Å². The number of hydrogen-bond acceptors (Lipinski definition) is 19. The van der Waals surface area contributed by atoms with Crippen molar-refractivity contribution in [1.82, 2.24) is 0 Å². The van der Waals surface area contributed by atoms with E-state index in [9.17, 15) is 79.2 Å². The first-order chi connectivity index (χ1) is 29.6. The fourth-order valence-corrected chi connectivity index (χ4v) is 10.5. The van der Waals surface area contributed by atoms with Gasteiger partial charge in [0.05, 0.1) is 11.2 Å². The molecule has 0 saturated heterocycles. The van der Waals surface area contributed by atoms with Crippen molar-refractivity contribution in [1.29, 1.82) is 0 Å². The van der Waals surface area contributed by atoms with Crippen LogP contribution in [0.15, 0.2) is 60.4 Å². The first-order valence-corrected chi connectivity index (χ1v) is 20.6. The van der Waals surface area contributed by atoms with Crippen LogP contribution in [0.25, 0.3) is 5.32 Å². The van der Waals surface area contributed by atoms with Crippen LogP contribution in [0.2, 0.25) is 0 Å². The number of aliphatic imine (C=N–C) groups is 3. The molecule has 0 aromatic carbocycles. The molecule has 6 atom stereocenters. The predicted octanol–water partition coefficient (Wildman–Crippen LogP) is -4.95. The van der Waals surface area contributed by atoms with Crippen LogP contribution in [0.3, 0.4) is 0 Å². The van der Waals surface area contributed by atoms with E-state index >= 15 is 0 Å². The number of carboxylic acids is 8. The zero-order chi connectivity index (χ0) is 47.9. The number of nitrogens with zero attached hydrogens (tertiary/aromatic N) is 4. The fourth-order valence-electron chi connectivity index (χ4n) is 10.5. The minimum atomic E-state index is -1.96. The van der Waals surface area contributed by atoms with Crippen molar-refractivity contribution in [3.63, 3.8) is 0 Å². The minimum Gasteiger partial charge on any atom is -0.664 e. The summed E-state index contributed by atoms with van der Waals surface area (Å²) < 4.78 is 0. The second-order valence-electron chi connectivity index (χ2n) is 18.1. The van der Waals surface area contributed by atoms with Gasteiger partial charge in [-0.05, 0) is 107 Å². The zero-order valence-electron chi connectivity index (χ0n) is 36.2. The summed E-state index contributed by atoms with van der Waals surface area (Å²) in [5.74, 6) is -13.8. The number of carbonyl (C=O) groups is 8. The van der Waals surface area contributed by atoms with Gasteiger partial charge < -0.3 is 84.5 Å². The van der Waals surface area contributed by atoms with Gasteiger partial charge in [-0.1, -0.05) is 32.4 Å². The Bertz CT molecular complexity index is 2360. The maximum absolute atomic E-state index is 12.8. The van der Waals surface area contributed by atoms with Crippen LogP contribution < -0.4 is 40.9 Å². The molecule has 0 N–H and O–H groups in total. The quantitative estimate of drug-likeness (QED) is 0.110. The third-order valence-electron chi connectivity index (χ3n) is 13.9. The topological polar surface area (TPSA) is 372 Å². The number of carboxylic acid groups (broad SMARTS) is 8. The van der Waals surface area contributed by atoms with E-state index in [-0.39, 0.29) is 105 Å². The van der Waals surface area contributed by atoms with E-state index in [4.69, 9.17) is 20.3 Å². The van der Waals surface area contributed by atoms with Crippen molar-refractivity contribution in [2.45, 2.75) is 136 Å². The molecule has 0 spiro atoms. The molecule has 0 aromatic heterocycles. The standard InChI is InChI=1S/C44H54N4O16.Co/c1-40(13-12-34(55)56)25(15-36(59)60)39-44(5)42(3,20-38(63)64)23(8-11-33(53)54)27(48-44)17-30-41(2,19-37(61)62)22(7-10-32(51)52)28(45-30)18-43(4)24(14-35(57)58)21(6-9-31(49)50)26(47-43)16-29(40)46-39;/h17,23H,6-16,18-20H2,1-5H3,(H9,45,48,49,50,51,52,53,54,55,56,57,58,59,60,61,62,63,64);/p-9/t23-,40-,41+,42+,43+,44+;/m1./s1. The van der Waals surface area contributed by atoms with Gasteiger partial charge in [0.2, 0.25) is 0 Å². The summed E-state index contributed by atoms with van der Waals surface area (Å²) in [5, 5.41) is 103. The molecule has 5 rings (SSSR count). The molecule has 355 valence electrons. The van der Waals surface area contributed by atoms with Crippen molar-refractivity contribution in [3.8, 4) is 0 Å². The van der Waals surface area contributed by atoms with Gasteiger partial charge in [0.1, 0.15) is 5.54 Å². The molecule has 8 bridgehead atoms. The summed E-state index contributed by atoms with van der Waals surface area (Å²) in [6.45, 7) is 7.28. The summed E-state index contributed by atoms with van der Waals surface area (Å²) in [7, 11) is 0. The molecule has 0 aliphatic carbocycles. The van der Waals surface area contributed by atoms with Crippen LogP contribution in [0.4, 0.5) is 0 Å². The van der Waals surface area contributed by atoms with E-state index in [2.05, 4.69) is 0 Å². The molecular weight excluding hydrogens is 899 g/mol. The van der Waals surface area contributed by atoms with Crippen molar-refractivity contribution in [2.24, 2.45) is 37.1 Å². The summed E-state index contributed by atoms with van der Waals surface area (Å²) in [6, 6.07) is 0. The number of allylic oxidation sites excluding steroid dienone is 3. The van der Waals surface area contributed by atoms with Gasteiger partial charge in [0.15, 0.2) is 0 Å². The largest absolute Gasteiger partial charge is 0.664 e. The van der Waals surface area contributed by atoms with Gasteiger partial charge in [-0.25, -0.2) is 0 Å². The Morgan fingerprint density at radius 1 is 0.646 bits per heavy atom. The van der Waals surface area contributed by atoms with Gasteiger partial charge in [-0.2, -0.15) is 5.70 Å². The third-order valence-corrected chi connectivity index (χ3v) is 13.9. The zero-order valence-corrected chi connectivity index (χ0v) is 37.2. The molecule has 5 aliphatic rings. The fraction of sp³-hybridized carbons (Fsp3) is 0.568. The smallest absolute Gasteiger partial charge is 0.106 e. The minimum absolute atomic E-state index is 0.